The molecule has 0 saturated carbocycles. The lowest BCUT2D eigenvalue weighted by Gasteiger charge is -2.03. The van der Waals surface area contributed by atoms with Crippen LogP contribution in [0, 0.1) is 6.92 Å². The Hall–Kier alpha value is -1.54. The van der Waals surface area contributed by atoms with Crippen molar-refractivity contribution in [2.24, 2.45) is 5.73 Å². The number of hydrogen-bond acceptors (Lipinski definition) is 1. The van der Waals surface area contributed by atoms with Crippen LogP contribution >= 0.6 is 0 Å². The van der Waals surface area contributed by atoms with Crippen molar-refractivity contribution in [3.8, 4) is 0 Å². The second-order valence-corrected chi connectivity index (χ2v) is 4.22. The van der Waals surface area contributed by atoms with Crippen molar-refractivity contribution in [1.29, 1.82) is 0 Å². The first-order valence-electron chi connectivity index (χ1n) is 5.68. The van der Waals surface area contributed by atoms with Crippen molar-refractivity contribution in [1.82, 2.24) is 4.57 Å². The largest absolute Gasteiger partial charge is 0.350 e. The maximum absolute atomic E-state index is 5.53. The first-order chi connectivity index (χ1) is 7.78. The van der Waals surface area contributed by atoms with Crippen LogP contribution in [0.2, 0.25) is 0 Å². The number of aromatic nitrogens is 1. The monoisotopic (exact) mass is 214 g/mol. The van der Waals surface area contributed by atoms with Gasteiger partial charge in [-0.2, -0.15) is 0 Å². The smallest absolute Gasteiger partial charge is 0.0470 e. The first kappa shape index (κ1) is 11.0. The van der Waals surface area contributed by atoms with Gasteiger partial charge in [0.1, 0.15) is 0 Å². The third-order valence-electron chi connectivity index (χ3n) is 2.73. The van der Waals surface area contributed by atoms with Crippen LogP contribution in [0.5, 0.6) is 0 Å². The minimum absolute atomic E-state index is 0.717. The van der Waals surface area contributed by atoms with E-state index in [1.165, 1.54) is 16.7 Å². The average molecular weight is 214 g/mol. The molecule has 1 aromatic heterocycles. The summed E-state index contributed by atoms with van der Waals surface area (Å²) in [6.07, 6.45) is 5.25. The zero-order valence-electron chi connectivity index (χ0n) is 9.69. The SMILES string of the molecule is Cc1ccc(Cn2ccc(CCN)c2)cc1. The van der Waals surface area contributed by atoms with Gasteiger partial charge in [-0.25, -0.2) is 0 Å². The standard InChI is InChI=1S/C14H18N2/c1-12-2-4-13(5-3-12)10-16-9-7-14(11-16)6-8-15/h2-5,7,9,11H,6,8,10,15H2,1H3. The summed E-state index contributed by atoms with van der Waals surface area (Å²) in [5.41, 5.74) is 9.48. The second-order valence-electron chi connectivity index (χ2n) is 4.22. The Morgan fingerprint density at radius 1 is 1.06 bits per heavy atom. The van der Waals surface area contributed by atoms with Crippen molar-refractivity contribution in [2.45, 2.75) is 19.9 Å². The van der Waals surface area contributed by atoms with Crippen LogP contribution < -0.4 is 5.73 Å². The predicted molar refractivity (Wildman–Crippen MR) is 67.5 cm³/mol. The van der Waals surface area contributed by atoms with Crippen LogP contribution in [0.25, 0.3) is 0 Å². The molecule has 2 rings (SSSR count). The Balaban J connectivity index is 2.05. The number of aryl methyl sites for hydroxylation is 1. The Kier molecular flexibility index (Phi) is 3.42. The summed E-state index contributed by atoms with van der Waals surface area (Å²) < 4.78 is 2.20. The van der Waals surface area contributed by atoms with Gasteiger partial charge in [-0.05, 0) is 37.1 Å². The van der Waals surface area contributed by atoms with E-state index in [1.54, 1.807) is 0 Å². The molecule has 84 valence electrons. The van der Waals surface area contributed by atoms with E-state index in [1.807, 2.05) is 0 Å². The quantitative estimate of drug-likeness (QED) is 0.832. The van der Waals surface area contributed by atoms with E-state index in [0.717, 1.165) is 13.0 Å². The summed E-state index contributed by atoms with van der Waals surface area (Å²) in [4.78, 5) is 0. The highest BCUT2D eigenvalue weighted by Gasteiger charge is 1.97. The molecule has 0 aliphatic heterocycles. The summed E-state index contributed by atoms with van der Waals surface area (Å²) in [6, 6.07) is 10.8. The van der Waals surface area contributed by atoms with E-state index in [0.29, 0.717) is 6.54 Å². The van der Waals surface area contributed by atoms with Crippen molar-refractivity contribution < 1.29 is 0 Å². The van der Waals surface area contributed by atoms with E-state index in [2.05, 4.69) is 54.2 Å². The molecule has 2 nitrogen and oxygen atoms in total. The molecule has 16 heavy (non-hydrogen) atoms. The number of hydrogen-bond donors (Lipinski definition) is 1. The number of rotatable bonds is 4. The van der Waals surface area contributed by atoms with Gasteiger partial charge in [0.15, 0.2) is 0 Å². The fourth-order valence-electron chi connectivity index (χ4n) is 1.81. The highest BCUT2D eigenvalue weighted by molar-refractivity contribution is 5.22. The van der Waals surface area contributed by atoms with E-state index in [4.69, 9.17) is 5.73 Å². The van der Waals surface area contributed by atoms with Gasteiger partial charge in [-0.1, -0.05) is 29.8 Å². The van der Waals surface area contributed by atoms with E-state index in [9.17, 15) is 0 Å². The molecule has 0 aliphatic rings. The zero-order chi connectivity index (χ0) is 11.4. The molecule has 0 saturated heterocycles. The minimum Gasteiger partial charge on any atom is -0.350 e. The summed E-state index contributed by atoms with van der Waals surface area (Å²) in [5, 5.41) is 0. The molecular weight excluding hydrogens is 196 g/mol. The minimum atomic E-state index is 0.717. The zero-order valence-corrected chi connectivity index (χ0v) is 9.69. The molecule has 2 aromatic rings. The number of benzene rings is 1. The lowest BCUT2D eigenvalue weighted by molar-refractivity contribution is 0.800. The van der Waals surface area contributed by atoms with Crippen LogP contribution in [-0.2, 0) is 13.0 Å². The molecule has 0 fully saturated rings. The predicted octanol–water partition coefficient (Wildman–Crippen LogP) is 2.35. The molecule has 0 spiro atoms. The van der Waals surface area contributed by atoms with Gasteiger partial charge < -0.3 is 10.3 Å². The van der Waals surface area contributed by atoms with Gasteiger partial charge >= 0.3 is 0 Å². The highest BCUT2D eigenvalue weighted by atomic mass is 14.9. The Bertz CT molecular complexity index is 440. The van der Waals surface area contributed by atoms with Gasteiger partial charge in [0.25, 0.3) is 0 Å². The van der Waals surface area contributed by atoms with Crippen LogP contribution in [0.3, 0.4) is 0 Å². The maximum Gasteiger partial charge on any atom is 0.0470 e. The van der Waals surface area contributed by atoms with E-state index in [-0.39, 0.29) is 0 Å². The van der Waals surface area contributed by atoms with Gasteiger partial charge in [0.05, 0.1) is 0 Å². The van der Waals surface area contributed by atoms with E-state index >= 15 is 0 Å². The van der Waals surface area contributed by atoms with Crippen LogP contribution in [0.15, 0.2) is 42.7 Å². The molecule has 1 aromatic carbocycles. The van der Waals surface area contributed by atoms with Crippen molar-refractivity contribution in [3.63, 3.8) is 0 Å². The molecule has 0 bridgehead atoms. The van der Waals surface area contributed by atoms with Gasteiger partial charge in [-0.3, -0.25) is 0 Å². The maximum atomic E-state index is 5.53. The molecule has 0 aliphatic carbocycles. The molecule has 2 N–H and O–H groups in total. The molecular formula is C14H18N2. The Morgan fingerprint density at radius 2 is 1.81 bits per heavy atom. The van der Waals surface area contributed by atoms with Gasteiger partial charge in [0.2, 0.25) is 0 Å². The average Bonchev–Trinajstić information content (AvgIpc) is 2.70. The Labute approximate surface area is 96.7 Å². The third kappa shape index (κ3) is 2.74. The lowest BCUT2D eigenvalue weighted by atomic mass is 10.1. The van der Waals surface area contributed by atoms with Crippen LogP contribution in [-0.4, -0.2) is 11.1 Å². The molecule has 1 heterocycles. The molecule has 0 amide bonds. The molecule has 0 atom stereocenters. The normalized spacial score (nSPS) is 10.6. The van der Waals surface area contributed by atoms with E-state index < -0.39 is 0 Å². The molecule has 0 unspecified atom stereocenters. The summed E-state index contributed by atoms with van der Waals surface area (Å²) in [7, 11) is 0. The fourth-order valence-corrected chi connectivity index (χ4v) is 1.81. The van der Waals surface area contributed by atoms with Crippen molar-refractivity contribution in [2.75, 3.05) is 6.54 Å². The lowest BCUT2D eigenvalue weighted by Crippen LogP contribution is -2.02. The van der Waals surface area contributed by atoms with Crippen molar-refractivity contribution >= 4 is 0 Å². The summed E-state index contributed by atoms with van der Waals surface area (Å²) >= 11 is 0. The topological polar surface area (TPSA) is 30.9 Å². The van der Waals surface area contributed by atoms with Crippen LogP contribution in [0.1, 0.15) is 16.7 Å². The summed E-state index contributed by atoms with van der Waals surface area (Å²) in [6.45, 7) is 3.76. The Morgan fingerprint density at radius 3 is 2.50 bits per heavy atom. The first-order valence-corrected chi connectivity index (χ1v) is 5.68. The number of nitrogens with zero attached hydrogens (tertiary/aromatic N) is 1. The highest BCUT2D eigenvalue weighted by Crippen LogP contribution is 2.08. The number of nitrogens with two attached hydrogens (primary N) is 1. The molecule has 2 heteroatoms. The molecule has 0 radical (unpaired) electrons. The van der Waals surface area contributed by atoms with Crippen molar-refractivity contribution in [3.05, 3.63) is 59.4 Å². The second kappa shape index (κ2) is 4.99. The summed E-state index contributed by atoms with van der Waals surface area (Å²) in [5.74, 6) is 0. The third-order valence-corrected chi connectivity index (χ3v) is 2.73. The van der Waals surface area contributed by atoms with Gasteiger partial charge in [-0.15, -0.1) is 0 Å². The van der Waals surface area contributed by atoms with Gasteiger partial charge in [0, 0.05) is 18.9 Å². The van der Waals surface area contributed by atoms with Crippen LogP contribution in [0.4, 0.5) is 0 Å². The fraction of sp³-hybridized carbons (Fsp3) is 0.286.